The molecule has 0 bridgehead atoms. The van der Waals surface area contributed by atoms with E-state index in [4.69, 9.17) is 0 Å². The summed E-state index contributed by atoms with van der Waals surface area (Å²) < 4.78 is 41.8. The van der Waals surface area contributed by atoms with Gasteiger partial charge in [-0.15, -0.1) is 0 Å². The van der Waals surface area contributed by atoms with E-state index in [1.165, 1.54) is 22.5 Å². The number of nitriles is 1. The van der Waals surface area contributed by atoms with Crippen molar-refractivity contribution in [3.05, 3.63) is 95.6 Å². The topological polar surface area (TPSA) is 74.1 Å². The number of rotatable bonds is 7. The highest BCUT2D eigenvalue weighted by atomic mass is 32.2. The van der Waals surface area contributed by atoms with Gasteiger partial charge in [0, 0.05) is 25.5 Å². The second-order valence-corrected chi connectivity index (χ2v) is 8.06. The molecule has 3 aromatic rings. The first-order valence-electron chi connectivity index (χ1n) is 8.64. The fourth-order valence-electron chi connectivity index (χ4n) is 2.85. The summed E-state index contributed by atoms with van der Waals surface area (Å²) in [5.74, 6) is -0.376. The Bertz CT molecular complexity index is 1100. The first-order valence-corrected chi connectivity index (χ1v) is 10.1. The van der Waals surface area contributed by atoms with Crippen LogP contribution in [0.1, 0.15) is 16.7 Å². The van der Waals surface area contributed by atoms with Crippen LogP contribution < -0.4 is 0 Å². The largest absolute Gasteiger partial charge is 0.264 e. The molecule has 28 heavy (non-hydrogen) atoms. The van der Waals surface area contributed by atoms with Gasteiger partial charge in [-0.2, -0.15) is 9.57 Å². The molecule has 0 spiro atoms. The summed E-state index contributed by atoms with van der Waals surface area (Å²) in [6.07, 6.45) is 3.40. The maximum Gasteiger partial charge on any atom is 0.244 e. The van der Waals surface area contributed by atoms with Crippen molar-refractivity contribution in [1.82, 2.24) is 9.29 Å². The van der Waals surface area contributed by atoms with E-state index >= 15 is 0 Å². The van der Waals surface area contributed by atoms with Crippen LogP contribution in [0.25, 0.3) is 0 Å². The van der Waals surface area contributed by atoms with Crippen LogP contribution >= 0.6 is 0 Å². The third kappa shape index (κ3) is 4.42. The van der Waals surface area contributed by atoms with E-state index in [2.05, 4.69) is 4.98 Å². The quantitative estimate of drug-likeness (QED) is 0.613. The van der Waals surface area contributed by atoms with Crippen LogP contribution in [0, 0.1) is 17.1 Å². The Morgan fingerprint density at radius 1 is 1.04 bits per heavy atom. The summed E-state index contributed by atoms with van der Waals surface area (Å²) in [4.78, 5) is 3.96. The predicted octanol–water partition coefficient (Wildman–Crippen LogP) is 3.53. The van der Waals surface area contributed by atoms with Crippen molar-refractivity contribution in [2.45, 2.75) is 17.9 Å². The Balaban J connectivity index is 1.95. The molecule has 0 aliphatic rings. The zero-order valence-electron chi connectivity index (χ0n) is 15.0. The zero-order chi connectivity index (χ0) is 20.0. The molecule has 2 aromatic carbocycles. The molecule has 7 heteroatoms. The Labute approximate surface area is 163 Å². The number of halogens is 1. The minimum atomic E-state index is -3.96. The van der Waals surface area contributed by atoms with Crippen LogP contribution in [0.2, 0.25) is 0 Å². The average molecular weight is 395 g/mol. The fourth-order valence-corrected chi connectivity index (χ4v) is 4.42. The summed E-state index contributed by atoms with van der Waals surface area (Å²) >= 11 is 0. The van der Waals surface area contributed by atoms with Gasteiger partial charge < -0.3 is 0 Å². The summed E-state index contributed by atoms with van der Waals surface area (Å²) in [7, 11) is -3.96. The van der Waals surface area contributed by atoms with E-state index in [1.54, 1.807) is 54.9 Å². The molecule has 0 saturated heterocycles. The van der Waals surface area contributed by atoms with Crippen LogP contribution in [0.3, 0.4) is 0 Å². The molecular weight excluding hydrogens is 377 g/mol. The molecule has 0 amide bonds. The van der Waals surface area contributed by atoms with Crippen LogP contribution in [-0.2, 0) is 23.0 Å². The molecule has 0 fully saturated rings. The van der Waals surface area contributed by atoms with Crippen LogP contribution in [0.15, 0.2) is 78.0 Å². The van der Waals surface area contributed by atoms with Crippen LogP contribution in [-0.4, -0.2) is 24.3 Å². The van der Waals surface area contributed by atoms with Gasteiger partial charge in [-0.05, 0) is 41.8 Å². The summed E-state index contributed by atoms with van der Waals surface area (Å²) in [5.41, 5.74) is 1.21. The maximum absolute atomic E-state index is 14.0. The van der Waals surface area contributed by atoms with Crippen molar-refractivity contribution >= 4 is 10.0 Å². The molecule has 0 aliphatic heterocycles. The lowest BCUT2D eigenvalue weighted by Gasteiger charge is -2.23. The van der Waals surface area contributed by atoms with Gasteiger partial charge in [0.1, 0.15) is 11.9 Å². The Hall–Kier alpha value is -3.08. The number of aromatic nitrogens is 1. The van der Waals surface area contributed by atoms with E-state index in [1.807, 2.05) is 6.07 Å². The Morgan fingerprint density at radius 2 is 1.79 bits per heavy atom. The normalized spacial score (nSPS) is 11.3. The smallest absolute Gasteiger partial charge is 0.244 e. The van der Waals surface area contributed by atoms with E-state index < -0.39 is 10.0 Å². The second-order valence-electron chi connectivity index (χ2n) is 6.15. The lowest BCUT2D eigenvalue weighted by molar-refractivity contribution is 0.406. The molecule has 1 aromatic heterocycles. The van der Waals surface area contributed by atoms with Gasteiger partial charge >= 0.3 is 0 Å². The van der Waals surface area contributed by atoms with Crippen molar-refractivity contribution in [2.75, 3.05) is 6.54 Å². The van der Waals surface area contributed by atoms with Crippen LogP contribution in [0.4, 0.5) is 4.39 Å². The fraction of sp³-hybridized carbons (Fsp3) is 0.143. The standard InChI is InChI=1S/C21H18FN3O2S/c22-20-9-3-1-7-18(20)11-13-25(16-17-6-5-12-24-15-17)28(26,27)21-10-4-2-8-19(21)14-23/h1-10,12,15H,11,13,16H2. The first-order chi connectivity index (χ1) is 13.5. The molecule has 0 unspecified atom stereocenters. The molecule has 142 valence electrons. The van der Waals surface area contributed by atoms with Crippen molar-refractivity contribution in [2.24, 2.45) is 0 Å². The monoisotopic (exact) mass is 395 g/mol. The first kappa shape index (κ1) is 19.7. The van der Waals surface area contributed by atoms with Gasteiger partial charge in [0.15, 0.2) is 0 Å². The molecule has 0 aliphatic carbocycles. The highest BCUT2D eigenvalue weighted by Gasteiger charge is 2.27. The predicted molar refractivity (Wildman–Crippen MR) is 103 cm³/mol. The third-order valence-corrected chi connectivity index (χ3v) is 6.20. The van der Waals surface area contributed by atoms with Gasteiger partial charge in [-0.3, -0.25) is 4.98 Å². The second kappa shape index (κ2) is 8.74. The number of benzene rings is 2. The molecular formula is C21H18FN3O2S. The molecule has 1 heterocycles. The number of sulfonamides is 1. The molecule has 0 atom stereocenters. The molecule has 0 radical (unpaired) electrons. The molecule has 0 N–H and O–H groups in total. The summed E-state index contributed by atoms with van der Waals surface area (Å²) in [5, 5.41) is 9.31. The minimum Gasteiger partial charge on any atom is -0.264 e. The highest BCUT2D eigenvalue weighted by Crippen LogP contribution is 2.22. The van der Waals surface area contributed by atoms with Gasteiger partial charge in [-0.25, -0.2) is 12.8 Å². The lowest BCUT2D eigenvalue weighted by atomic mass is 10.1. The average Bonchev–Trinajstić information content (AvgIpc) is 2.72. The van der Waals surface area contributed by atoms with Crippen LogP contribution in [0.5, 0.6) is 0 Å². The van der Waals surface area contributed by atoms with Gasteiger partial charge in [-0.1, -0.05) is 36.4 Å². The summed E-state index contributed by atoms with van der Waals surface area (Å²) in [6.45, 7) is 0.141. The summed E-state index contributed by atoms with van der Waals surface area (Å²) in [6, 6.07) is 17.8. The minimum absolute atomic E-state index is 0.0603. The third-order valence-electron chi connectivity index (χ3n) is 4.30. The van der Waals surface area contributed by atoms with Crippen molar-refractivity contribution < 1.29 is 12.8 Å². The molecule has 5 nitrogen and oxygen atoms in total. The Morgan fingerprint density at radius 3 is 2.50 bits per heavy atom. The molecule has 3 rings (SSSR count). The van der Waals surface area contributed by atoms with Crippen molar-refractivity contribution in [3.63, 3.8) is 0 Å². The number of nitrogens with zero attached hydrogens (tertiary/aromatic N) is 3. The number of hydrogen-bond acceptors (Lipinski definition) is 4. The lowest BCUT2D eigenvalue weighted by Crippen LogP contribution is -2.33. The SMILES string of the molecule is N#Cc1ccccc1S(=O)(=O)N(CCc1ccccc1F)Cc1cccnc1. The maximum atomic E-state index is 14.0. The van der Waals surface area contributed by atoms with Gasteiger partial charge in [0.25, 0.3) is 0 Å². The number of hydrogen-bond donors (Lipinski definition) is 0. The van der Waals surface area contributed by atoms with Gasteiger partial charge in [0.05, 0.1) is 10.5 Å². The zero-order valence-corrected chi connectivity index (χ0v) is 15.8. The van der Waals surface area contributed by atoms with Gasteiger partial charge in [0.2, 0.25) is 10.0 Å². The number of pyridine rings is 1. The molecule has 0 saturated carbocycles. The van der Waals surface area contributed by atoms with E-state index in [0.717, 1.165) is 0 Å². The Kier molecular flexibility index (Phi) is 6.14. The highest BCUT2D eigenvalue weighted by molar-refractivity contribution is 7.89. The van der Waals surface area contributed by atoms with Crippen molar-refractivity contribution in [1.29, 1.82) is 5.26 Å². The van der Waals surface area contributed by atoms with E-state index in [9.17, 15) is 18.1 Å². The van der Waals surface area contributed by atoms with E-state index in [0.29, 0.717) is 11.1 Å². The van der Waals surface area contributed by atoms with E-state index in [-0.39, 0.29) is 35.8 Å². The van der Waals surface area contributed by atoms with Crippen molar-refractivity contribution in [3.8, 4) is 6.07 Å².